The van der Waals surface area contributed by atoms with Gasteiger partial charge >= 0.3 is 0 Å². The van der Waals surface area contributed by atoms with Gasteiger partial charge in [-0.05, 0) is 37.5 Å². The van der Waals surface area contributed by atoms with E-state index in [1.165, 1.54) is 32.2 Å². The maximum atomic E-state index is 6.07. The normalized spacial score (nSPS) is 41.1. The molecule has 110 valence electrons. The third kappa shape index (κ3) is 2.84. The highest BCUT2D eigenvalue weighted by atomic mass is 16.5. The summed E-state index contributed by atoms with van der Waals surface area (Å²) in [6.45, 7) is 10.4. The maximum absolute atomic E-state index is 6.07. The summed E-state index contributed by atoms with van der Waals surface area (Å²) in [5, 5.41) is 3.75. The number of nitrogens with zero attached hydrogens (tertiary/aromatic N) is 1. The van der Waals surface area contributed by atoms with Crippen LogP contribution in [0.1, 0.15) is 46.5 Å². The summed E-state index contributed by atoms with van der Waals surface area (Å²) in [5.74, 6) is 1.60. The molecule has 1 saturated carbocycles. The van der Waals surface area contributed by atoms with Crippen LogP contribution in [0.25, 0.3) is 0 Å². The number of rotatable bonds is 4. The first-order valence-electron chi connectivity index (χ1n) is 8.31. The van der Waals surface area contributed by atoms with Crippen LogP contribution >= 0.6 is 0 Å². The van der Waals surface area contributed by atoms with Gasteiger partial charge in [-0.1, -0.05) is 20.8 Å². The van der Waals surface area contributed by atoms with Crippen molar-refractivity contribution in [3.63, 3.8) is 0 Å². The number of nitrogens with one attached hydrogen (secondary N) is 1. The van der Waals surface area contributed by atoms with Gasteiger partial charge in [0.15, 0.2) is 0 Å². The first-order valence-corrected chi connectivity index (χ1v) is 8.31. The number of hydrogen-bond donors (Lipinski definition) is 1. The summed E-state index contributed by atoms with van der Waals surface area (Å²) in [5.41, 5.74) is 0. The number of ether oxygens (including phenoxy) is 1. The van der Waals surface area contributed by atoms with E-state index < -0.39 is 0 Å². The third-order valence-electron chi connectivity index (χ3n) is 5.38. The second kappa shape index (κ2) is 5.71. The monoisotopic (exact) mass is 266 g/mol. The van der Waals surface area contributed by atoms with Crippen molar-refractivity contribution in [2.75, 3.05) is 19.7 Å². The van der Waals surface area contributed by atoms with Gasteiger partial charge in [-0.25, -0.2) is 0 Å². The van der Waals surface area contributed by atoms with Gasteiger partial charge in [0.2, 0.25) is 0 Å². The lowest BCUT2D eigenvalue weighted by Gasteiger charge is -2.46. The molecule has 4 unspecified atom stereocenters. The molecule has 0 aromatic heterocycles. The second-order valence-corrected chi connectivity index (χ2v) is 7.05. The smallest absolute Gasteiger partial charge is 0.0759 e. The quantitative estimate of drug-likeness (QED) is 0.845. The van der Waals surface area contributed by atoms with Crippen molar-refractivity contribution in [1.82, 2.24) is 10.2 Å². The Morgan fingerprint density at radius 1 is 1.26 bits per heavy atom. The van der Waals surface area contributed by atoms with Gasteiger partial charge in [-0.3, -0.25) is 4.90 Å². The second-order valence-electron chi connectivity index (χ2n) is 7.05. The average molecular weight is 266 g/mol. The Hall–Kier alpha value is -0.120. The largest absolute Gasteiger partial charge is 0.376 e. The zero-order valence-corrected chi connectivity index (χ0v) is 12.8. The fraction of sp³-hybridized carbons (Fsp3) is 1.00. The highest BCUT2D eigenvalue weighted by molar-refractivity contribution is 4.99. The molecule has 0 amide bonds. The minimum atomic E-state index is 0.542. The predicted octanol–water partition coefficient (Wildman–Crippen LogP) is 2.26. The predicted molar refractivity (Wildman–Crippen MR) is 78.3 cm³/mol. The summed E-state index contributed by atoms with van der Waals surface area (Å²) in [6.07, 6.45) is 5.85. The van der Waals surface area contributed by atoms with Crippen LogP contribution in [-0.4, -0.2) is 48.8 Å². The van der Waals surface area contributed by atoms with Gasteiger partial charge in [0.1, 0.15) is 0 Å². The Labute approximate surface area is 118 Å². The highest BCUT2D eigenvalue weighted by Crippen LogP contribution is 2.41. The molecule has 4 atom stereocenters. The SMILES string of the molecule is CCC1CNC(C(C)C)CN1C1CCOC1C1CC1. The van der Waals surface area contributed by atoms with Crippen LogP contribution in [-0.2, 0) is 4.74 Å². The Morgan fingerprint density at radius 3 is 2.68 bits per heavy atom. The van der Waals surface area contributed by atoms with Crippen LogP contribution in [0, 0.1) is 11.8 Å². The van der Waals surface area contributed by atoms with Crippen LogP contribution in [0.5, 0.6) is 0 Å². The molecule has 3 rings (SSSR count). The molecular weight excluding hydrogens is 236 g/mol. The molecule has 0 spiro atoms. The maximum Gasteiger partial charge on any atom is 0.0759 e. The van der Waals surface area contributed by atoms with Crippen molar-refractivity contribution < 1.29 is 4.74 Å². The van der Waals surface area contributed by atoms with Gasteiger partial charge in [-0.15, -0.1) is 0 Å². The summed E-state index contributed by atoms with van der Waals surface area (Å²) in [4.78, 5) is 2.80. The summed E-state index contributed by atoms with van der Waals surface area (Å²) in [6, 6.07) is 2.06. The van der Waals surface area contributed by atoms with Crippen LogP contribution in [0.2, 0.25) is 0 Å². The van der Waals surface area contributed by atoms with Gasteiger partial charge in [-0.2, -0.15) is 0 Å². The van der Waals surface area contributed by atoms with Gasteiger partial charge in [0, 0.05) is 37.8 Å². The van der Waals surface area contributed by atoms with E-state index in [-0.39, 0.29) is 0 Å². The molecule has 3 fully saturated rings. The minimum absolute atomic E-state index is 0.542. The molecule has 2 aliphatic heterocycles. The molecule has 2 heterocycles. The first kappa shape index (κ1) is 13.8. The van der Waals surface area contributed by atoms with E-state index in [9.17, 15) is 0 Å². The molecule has 0 aromatic rings. The summed E-state index contributed by atoms with van der Waals surface area (Å²) < 4.78 is 6.07. The third-order valence-corrected chi connectivity index (χ3v) is 5.38. The Morgan fingerprint density at radius 2 is 2.05 bits per heavy atom. The van der Waals surface area contributed by atoms with Crippen LogP contribution in [0.4, 0.5) is 0 Å². The molecule has 19 heavy (non-hydrogen) atoms. The van der Waals surface area contributed by atoms with E-state index in [2.05, 4.69) is 31.0 Å². The molecule has 0 aromatic carbocycles. The Balaban J connectivity index is 1.70. The van der Waals surface area contributed by atoms with Gasteiger partial charge in [0.25, 0.3) is 0 Å². The zero-order valence-electron chi connectivity index (χ0n) is 12.8. The topological polar surface area (TPSA) is 24.5 Å². The Bertz CT molecular complexity index is 303. The Kier molecular flexibility index (Phi) is 4.16. The fourth-order valence-corrected chi connectivity index (χ4v) is 3.91. The number of piperazine rings is 1. The molecule has 1 N–H and O–H groups in total. The van der Waals surface area contributed by atoms with E-state index >= 15 is 0 Å². The molecule has 0 bridgehead atoms. The molecule has 3 aliphatic rings. The van der Waals surface area contributed by atoms with Gasteiger partial charge in [0.05, 0.1) is 6.10 Å². The summed E-state index contributed by atoms with van der Waals surface area (Å²) in [7, 11) is 0. The summed E-state index contributed by atoms with van der Waals surface area (Å²) >= 11 is 0. The first-order chi connectivity index (χ1) is 9.20. The van der Waals surface area contributed by atoms with E-state index in [0.717, 1.165) is 25.0 Å². The standard InChI is InChI=1S/C16H30N2O/c1-4-13-9-17-14(11(2)3)10-18(13)15-7-8-19-16(15)12-5-6-12/h11-17H,4-10H2,1-3H3. The fourth-order valence-electron chi connectivity index (χ4n) is 3.91. The van der Waals surface area contributed by atoms with E-state index in [0.29, 0.717) is 24.2 Å². The van der Waals surface area contributed by atoms with E-state index in [1.54, 1.807) is 0 Å². The van der Waals surface area contributed by atoms with E-state index in [4.69, 9.17) is 4.74 Å². The van der Waals surface area contributed by atoms with Crippen molar-refractivity contribution in [1.29, 1.82) is 0 Å². The van der Waals surface area contributed by atoms with Gasteiger partial charge < -0.3 is 10.1 Å². The van der Waals surface area contributed by atoms with Crippen molar-refractivity contribution in [3.05, 3.63) is 0 Å². The highest BCUT2D eigenvalue weighted by Gasteiger charge is 2.45. The van der Waals surface area contributed by atoms with Crippen LogP contribution < -0.4 is 5.32 Å². The van der Waals surface area contributed by atoms with Crippen LogP contribution in [0.15, 0.2) is 0 Å². The molecule has 3 heteroatoms. The average Bonchev–Trinajstić information content (AvgIpc) is 3.15. The zero-order chi connectivity index (χ0) is 13.4. The molecule has 3 nitrogen and oxygen atoms in total. The van der Waals surface area contributed by atoms with Crippen molar-refractivity contribution in [3.8, 4) is 0 Å². The lowest BCUT2D eigenvalue weighted by atomic mass is 9.94. The molecule has 0 radical (unpaired) electrons. The number of hydrogen-bond acceptors (Lipinski definition) is 3. The lowest BCUT2D eigenvalue weighted by Crippen LogP contribution is -2.62. The minimum Gasteiger partial charge on any atom is -0.376 e. The molecule has 2 saturated heterocycles. The van der Waals surface area contributed by atoms with E-state index in [1.807, 2.05) is 0 Å². The lowest BCUT2D eigenvalue weighted by molar-refractivity contribution is 0.00658. The van der Waals surface area contributed by atoms with Crippen molar-refractivity contribution in [2.24, 2.45) is 11.8 Å². The molecule has 1 aliphatic carbocycles. The molecular formula is C16H30N2O. The van der Waals surface area contributed by atoms with Crippen molar-refractivity contribution in [2.45, 2.75) is 70.7 Å². The van der Waals surface area contributed by atoms with Crippen LogP contribution in [0.3, 0.4) is 0 Å². The van der Waals surface area contributed by atoms with Crippen molar-refractivity contribution >= 4 is 0 Å².